The van der Waals surface area contributed by atoms with Crippen LogP contribution in [0.25, 0.3) is 0 Å². The van der Waals surface area contributed by atoms with Gasteiger partial charge in [0.05, 0.1) is 0 Å². The maximum Gasteiger partial charge on any atom is 0.171 e. The molecule has 0 aliphatic carbocycles. The first-order valence-corrected chi connectivity index (χ1v) is 4.27. The predicted molar refractivity (Wildman–Crippen MR) is 46.2 cm³/mol. The summed E-state index contributed by atoms with van der Waals surface area (Å²) in [6.07, 6.45) is 8.04. The molecule has 1 aromatic heterocycles. The highest BCUT2D eigenvalue weighted by atomic mass is 79.9. The molecule has 0 aromatic carbocycles. The quantitative estimate of drug-likeness (QED) is 0.578. The lowest BCUT2D eigenvalue weighted by molar-refractivity contribution is -0.671. The van der Waals surface area contributed by atoms with Gasteiger partial charge in [0, 0.05) is 11.6 Å². The van der Waals surface area contributed by atoms with Crippen LogP contribution < -0.4 is 21.5 Å². The molecule has 2 heteroatoms. The Morgan fingerprint density at radius 3 is 2.75 bits per heavy atom. The Hall–Kier alpha value is -0.370. The highest BCUT2D eigenvalue weighted by Gasteiger charge is 1.95. The van der Waals surface area contributed by atoms with Gasteiger partial charge >= 0.3 is 0 Å². The maximum atomic E-state index is 2.23. The normalized spacial score (nSPS) is 9.17. The van der Waals surface area contributed by atoms with Crippen LogP contribution in [-0.2, 0) is 13.5 Å². The lowest BCUT2D eigenvalue weighted by Gasteiger charge is -1.95. The standard InChI is InChI=1S/C10H16N.BrH/c1-3-4-6-10-7-5-8-11(2)9-10;/h5,7-9H,3-4,6H2,1-2H3;1H/q+1;/p-1. The number of aryl methyl sites for hydroxylation is 2. The summed E-state index contributed by atoms with van der Waals surface area (Å²) >= 11 is 0. The van der Waals surface area contributed by atoms with Gasteiger partial charge in [-0.1, -0.05) is 13.3 Å². The first-order chi connectivity index (χ1) is 5.33. The Bertz CT molecular complexity index is 223. The summed E-state index contributed by atoms with van der Waals surface area (Å²) in [6.45, 7) is 2.23. The van der Waals surface area contributed by atoms with Gasteiger partial charge in [-0.25, -0.2) is 4.57 Å². The topological polar surface area (TPSA) is 3.88 Å². The zero-order valence-electron chi connectivity index (χ0n) is 7.76. The second-order valence-corrected chi connectivity index (χ2v) is 2.98. The zero-order chi connectivity index (χ0) is 8.10. The Balaban J connectivity index is 0.00000121. The van der Waals surface area contributed by atoms with Gasteiger partial charge in [0.1, 0.15) is 7.05 Å². The van der Waals surface area contributed by atoms with Crippen molar-refractivity contribution in [1.29, 1.82) is 0 Å². The van der Waals surface area contributed by atoms with Crippen molar-refractivity contribution in [2.75, 3.05) is 0 Å². The molecule has 0 spiro atoms. The molecule has 0 radical (unpaired) electrons. The van der Waals surface area contributed by atoms with Gasteiger partial charge in [-0.3, -0.25) is 0 Å². The molecule has 0 atom stereocenters. The van der Waals surface area contributed by atoms with Crippen LogP contribution in [0.1, 0.15) is 25.3 Å². The summed E-state index contributed by atoms with van der Waals surface area (Å²) < 4.78 is 2.10. The number of nitrogens with zero attached hydrogens (tertiary/aromatic N) is 1. The third kappa shape index (κ3) is 3.86. The van der Waals surface area contributed by atoms with E-state index in [2.05, 4.69) is 43.1 Å². The van der Waals surface area contributed by atoms with Crippen LogP contribution in [0.15, 0.2) is 24.5 Å². The fraction of sp³-hybridized carbons (Fsp3) is 0.500. The minimum absolute atomic E-state index is 0. The van der Waals surface area contributed by atoms with Crippen molar-refractivity contribution < 1.29 is 21.5 Å². The van der Waals surface area contributed by atoms with E-state index in [1.165, 1.54) is 24.8 Å². The molecule has 0 bridgehead atoms. The Labute approximate surface area is 85.2 Å². The first kappa shape index (κ1) is 11.6. The molecular weight excluding hydrogens is 214 g/mol. The van der Waals surface area contributed by atoms with E-state index in [-0.39, 0.29) is 17.0 Å². The molecule has 1 heterocycles. The summed E-state index contributed by atoms with van der Waals surface area (Å²) in [4.78, 5) is 0. The van der Waals surface area contributed by atoms with Crippen LogP contribution in [0.4, 0.5) is 0 Å². The minimum Gasteiger partial charge on any atom is -1.00 e. The average molecular weight is 230 g/mol. The molecule has 0 N–H and O–H groups in total. The molecule has 0 saturated carbocycles. The van der Waals surface area contributed by atoms with Crippen LogP contribution in [0, 0.1) is 0 Å². The van der Waals surface area contributed by atoms with Gasteiger partial charge in [0.2, 0.25) is 0 Å². The monoisotopic (exact) mass is 229 g/mol. The molecule has 0 amide bonds. The third-order valence-electron chi connectivity index (χ3n) is 1.82. The molecule has 0 fully saturated rings. The van der Waals surface area contributed by atoms with Gasteiger partial charge in [-0.2, -0.15) is 0 Å². The molecule has 0 saturated heterocycles. The van der Waals surface area contributed by atoms with Crippen LogP contribution >= 0.6 is 0 Å². The summed E-state index contributed by atoms with van der Waals surface area (Å²) in [5.41, 5.74) is 1.44. The van der Waals surface area contributed by atoms with Crippen molar-refractivity contribution in [2.24, 2.45) is 7.05 Å². The summed E-state index contributed by atoms with van der Waals surface area (Å²) in [5.74, 6) is 0. The first-order valence-electron chi connectivity index (χ1n) is 4.27. The van der Waals surface area contributed by atoms with Crippen molar-refractivity contribution in [1.82, 2.24) is 0 Å². The van der Waals surface area contributed by atoms with Crippen LogP contribution in [0.3, 0.4) is 0 Å². The summed E-state index contributed by atoms with van der Waals surface area (Å²) in [5, 5.41) is 0. The van der Waals surface area contributed by atoms with Crippen LogP contribution in [0.5, 0.6) is 0 Å². The molecule has 0 aliphatic heterocycles. The van der Waals surface area contributed by atoms with E-state index in [9.17, 15) is 0 Å². The van der Waals surface area contributed by atoms with E-state index >= 15 is 0 Å². The number of halogens is 1. The lowest BCUT2D eigenvalue weighted by Crippen LogP contribution is -3.00. The Morgan fingerprint density at radius 2 is 2.17 bits per heavy atom. The van der Waals surface area contributed by atoms with Crippen molar-refractivity contribution in [3.8, 4) is 0 Å². The fourth-order valence-corrected chi connectivity index (χ4v) is 1.18. The van der Waals surface area contributed by atoms with Crippen molar-refractivity contribution in [3.05, 3.63) is 30.1 Å². The van der Waals surface area contributed by atoms with E-state index in [1.54, 1.807) is 0 Å². The van der Waals surface area contributed by atoms with Gasteiger partial charge in [0.25, 0.3) is 0 Å². The average Bonchev–Trinajstić information content (AvgIpc) is 2.01. The summed E-state index contributed by atoms with van der Waals surface area (Å²) in [6, 6.07) is 4.29. The second kappa shape index (κ2) is 6.18. The van der Waals surface area contributed by atoms with Gasteiger partial charge < -0.3 is 17.0 Å². The van der Waals surface area contributed by atoms with E-state index in [4.69, 9.17) is 0 Å². The molecular formula is C10H16BrN. The largest absolute Gasteiger partial charge is 1.00 e. The van der Waals surface area contributed by atoms with Gasteiger partial charge in [0.15, 0.2) is 12.4 Å². The molecule has 68 valence electrons. The number of hydrogen-bond acceptors (Lipinski definition) is 0. The SMILES string of the molecule is CCCCc1ccc[n+](C)c1.[Br-]. The highest BCUT2D eigenvalue weighted by molar-refractivity contribution is 5.04. The summed E-state index contributed by atoms with van der Waals surface area (Å²) in [7, 11) is 2.06. The van der Waals surface area contributed by atoms with E-state index in [0.717, 1.165) is 0 Å². The van der Waals surface area contributed by atoms with E-state index in [1.807, 2.05) is 0 Å². The number of aromatic nitrogens is 1. The van der Waals surface area contributed by atoms with Gasteiger partial charge in [-0.05, 0) is 18.9 Å². The van der Waals surface area contributed by atoms with Gasteiger partial charge in [-0.15, -0.1) is 0 Å². The smallest absolute Gasteiger partial charge is 0.171 e. The van der Waals surface area contributed by atoms with Crippen LogP contribution in [0.2, 0.25) is 0 Å². The molecule has 0 unspecified atom stereocenters. The Kier molecular flexibility index (Phi) is 5.99. The maximum absolute atomic E-state index is 2.23. The zero-order valence-corrected chi connectivity index (χ0v) is 9.34. The number of unbranched alkanes of at least 4 members (excludes halogenated alkanes) is 1. The molecule has 1 nitrogen and oxygen atoms in total. The van der Waals surface area contributed by atoms with Crippen molar-refractivity contribution in [3.63, 3.8) is 0 Å². The minimum atomic E-state index is 0. The second-order valence-electron chi connectivity index (χ2n) is 2.98. The fourth-order valence-electron chi connectivity index (χ4n) is 1.18. The molecule has 12 heavy (non-hydrogen) atoms. The third-order valence-corrected chi connectivity index (χ3v) is 1.82. The molecule has 0 aliphatic rings. The van der Waals surface area contributed by atoms with E-state index < -0.39 is 0 Å². The lowest BCUT2D eigenvalue weighted by atomic mass is 10.1. The van der Waals surface area contributed by atoms with Crippen molar-refractivity contribution >= 4 is 0 Å². The van der Waals surface area contributed by atoms with E-state index in [0.29, 0.717) is 0 Å². The molecule has 1 rings (SSSR count). The highest BCUT2D eigenvalue weighted by Crippen LogP contribution is 2.00. The number of rotatable bonds is 3. The number of hydrogen-bond donors (Lipinski definition) is 0. The van der Waals surface area contributed by atoms with Crippen molar-refractivity contribution in [2.45, 2.75) is 26.2 Å². The Morgan fingerprint density at radius 1 is 1.42 bits per heavy atom. The molecule has 1 aromatic rings. The van der Waals surface area contributed by atoms with Crippen LogP contribution in [-0.4, -0.2) is 0 Å². The predicted octanol–water partition coefficient (Wildman–Crippen LogP) is -1.14. The number of pyridine rings is 1.